The molecule has 1 amide bonds. The Balaban J connectivity index is 1.57. The molecule has 0 aromatic carbocycles. The second-order valence-electron chi connectivity index (χ2n) is 4.46. The molecule has 98 valence electrons. The summed E-state index contributed by atoms with van der Waals surface area (Å²) in [6, 6.07) is 5.87. The number of pyridine rings is 1. The number of ether oxygens (including phenoxy) is 1. The van der Waals surface area contributed by atoms with Crippen molar-refractivity contribution in [1.82, 2.24) is 9.88 Å². The van der Waals surface area contributed by atoms with Crippen molar-refractivity contribution >= 4 is 17.4 Å². The number of carbonyl (C=O) groups is 1. The lowest BCUT2D eigenvalue weighted by Crippen LogP contribution is -2.35. The van der Waals surface area contributed by atoms with E-state index in [0.717, 1.165) is 18.5 Å². The Morgan fingerprint density at radius 3 is 3.26 bits per heavy atom. The molecule has 1 aliphatic rings. The Labute approximate surface area is 115 Å². The highest BCUT2D eigenvalue weighted by Gasteiger charge is 2.22. The molecule has 0 radical (unpaired) electrons. The van der Waals surface area contributed by atoms with Gasteiger partial charge in [-0.15, -0.1) is 11.3 Å². The number of carbonyl (C=O) groups excluding carboxylic acids is 1. The van der Waals surface area contributed by atoms with E-state index in [1.54, 1.807) is 28.6 Å². The molecule has 0 saturated carbocycles. The minimum atomic E-state index is -0.247. The van der Waals surface area contributed by atoms with Crippen LogP contribution in [-0.2, 0) is 24.3 Å². The highest BCUT2D eigenvalue weighted by atomic mass is 32.1. The summed E-state index contributed by atoms with van der Waals surface area (Å²) in [4.78, 5) is 19.0. The van der Waals surface area contributed by atoms with Crippen molar-refractivity contribution in [2.24, 2.45) is 0 Å². The van der Waals surface area contributed by atoms with Crippen LogP contribution in [0.25, 0.3) is 0 Å². The van der Waals surface area contributed by atoms with E-state index in [1.807, 2.05) is 12.1 Å². The first-order chi connectivity index (χ1) is 9.33. The third-order valence-electron chi connectivity index (χ3n) is 3.17. The van der Waals surface area contributed by atoms with Crippen molar-refractivity contribution in [2.45, 2.75) is 19.6 Å². The van der Waals surface area contributed by atoms with Gasteiger partial charge in [0.2, 0.25) is 0 Å². The molecule has 0 atom stereocenters. The zero-order valence-corrected chi connectivity index (χ0v) is 11.2. The van der Waals surface area contributed by atoms with Crippen LogP contribution in [-0.4, -0.2) is 22.5 Å². The molecule has 0 saturated heterocycles. The second-order valence-corrected chi connectivity index (χ2v) is 5.46. The van der Waals surface area contributed by atoms with Crippen molar-refractivity contribution in [3.05, 3.63) is 52.0 Å². The molecule has 1 aliphatic heterocycles. The maximum Gasteiger partial charge on any atom is 0.410 e. The molecule has 0 bridgehead atoms. The van der Waals surface area contributed by atoms with Gasteiger partial charge in [0.15, 0.2) is 0 Å². The van der Waals surface area contributed by atoms with E-state index in [9.17, 15) is 4.79 Å². The molecular weight excluding hydrogens is 260 g/mol. The van der Waals surface area contributed by atoms with E-state index in [-0.39, 0.29) is 12.7 Å². The monoisotopic (exact) mass is 274 g/mol. The maximum atomic E-state index is 12.0. The van der Waals surface area contributed by atoms with Crippen LogP contribution in [0.5, 0.6) is 0 Å². The van der Waals surface area contributed by atoms with Crippen molar-refractivity contribution < 1.29 is 9.53 Å². The van der Waals surface area contributed by atoms with Crippen LogP contribution in [0.15, 0.2) is 36.0 Å². The molecule has 0 N–H and O–H groups in total. The zero-order valence-electron chi connectivity index (χ0n) is 10.4. The van der Waals surface area contributed by atoms with E-state index in [4.69, 9.17) is 4.74 Å². The van der Waals surface area contributed by atoms with Gasteiger partial charge in [0.25, 0.3) is 0 Å². The first kappa shape index (κ1) is 12.2. The third kappa shape index (κ3) is 2.76. The molecule has 2 aromatic heterocycles. The predicted molar refractivity (Wildman–Crippen MR) is 72.9 cm³/mol. The molecule has 3 heterocycles. The summed E-state index contributed by atoms with van der Waals surface area (Å²) in [5.41, 5.74) is 2.27. The topological polar surface area (TPSA) is 42.4 Å². The third-order valence-corrected chi connectivity index (χ3v) is 4.11. The summed E-state index contributed by atoms with van der Waals surface area (Å²) >= 11 is 1.70. The van der Waals surface area contributed by atoms with Gasteiger partial charge < -0.3 is 9.64 Å². The maximum absolute atomic E-state index is 12.0. The van der Waals surface area contributed by atoms with Crippen LogP contribution in [0.3, 0.4) is 0 Å². The number of fused-ring (bicyclic) bond motifs is 1. The first-order valence-corrected chi connectivity index (χ1v) is 7.07. The van der Waals surface area contributed by atoms with Gasteiger partial charge in [0.1, 0.15) is 6.61 Å². The Hall–Kier alpha value is -1.88. The lowest BCUT2D eigenvalue weighted by atomic mass is 10.1. The van der Waals surface area contributed by atoms with E-state index < -0.39 is 0 Å². The summed E-state index contributed by atoms with van der Waals surface area (Å²) in [7, 11) is 0. The fraction of sp³-hybridized carbons (Fsp3) is 0.286. The predicted octanol–water partition coefficient (Wildman–Crippen LogP) is 2.84. The molecule has 5 heteroatoms. The minimum Gasteiger partial charge on any atom is -0.444 e. The summed E-state index contributed by atoms with van der Waals surface area (Å²) < 4.78 is 5.31. The standard InChI is InChI=1S/C14H14N2O2S/c17-14(18-10-11-2-1-5-15-8-11)16-6-3-12-4-7-19-13(12)9-16/h1-2,4-5,7-8H,3,6,9-10H2. The van der Waals surface area contributed by atoms with Crippen LogP contribution in [0.1, 0.15) is 16.0 Å². The van der Waals surface area contributed by atoms with Crippen LogP contribution >= 0.6 is 11.3 Å². The van der Waals surface area contributed by atoms with Gasteiger partial charge in [-0.1, -0.05) is 6.07 Å². The average Bonchev–Trinajstić information content (AvgIpc) is 2.93. The Bertz CT molecular complexity index is 568. The van der Waals surface area contributed by atoms with Gasteiger partial charge in [0, 0.05) is 29.4 Å². The van der Waals surface area contributed by atoms with Crippen molar-refractivity contribution in [3.8, 4) is 0 Å². The van der Waals surface area contributed by atoms with Gasteiger partial charge in [-0.05, 0) is 29.5 Å². The minimum absolute atomic E-state index is 0.247. The lowest BCUT2D eigenvalue weighted by Gasteiger charge is -2.26. The Morgan fingerprint density at radius 1 is 1.47 bits per heavy atom. The highest BCUT2D eigenvalue weighted by Crippen LogP contribution is 2.24. The average molecular weight is 274 g/mol. The number of rotatable bonds is 2. The SMILES string of the molecule is O=C(OCc1cccnc1)N1CCc2ccsc2C1. The van der Waals surface area contributed by atoms with Gasteiger partial charge in [0.05, 0.1) is 6.54 Å². The normalized spacial score (nSPS) is 14.0. The van der Waals surface area contributed by atoms with E-state index in [2.05, 4.69) is 16.4 Å². The van der Waals surface area contributed by atoms with Crippen LogP contribution in [0.2, 0.25) is 0 Å². The molecule has 4 nitrogen and oxygen atoms in total. The molecule has 0 unspecified atom stereocenters. The first-order valence-electron chi connectivity index (χ1n) is 6.19. The van der Waals surface area contributed by atoms with E-state index >= 15 is 0 Å². The van der Waals surface area contributed by atoms with Crippen molar-refractivity contribution in [1.29, 1.82) is 0 Å². The van der Waals surface area contributed by atoms with Gasteiger partial charge in [-0.25, -0.2) is 4.79 Å². The number of hydrogen-bond acceptors (Lipinski definition) is 4. The van der Waals surface area contributed by atoms with Crippen LogP contribution in [0.4, 0.5) is 4.79 Å². The summed E-state index contributed by atoms with van der Waals surface area (Å²) in [6.07, 6.45) is 4.08. The molecule has 3 rings (SSSR count). The van der Waals surface area contributed by atoms with E-state index in [1.165, 1.54) is 10.4 Å². The fourth-order valence-corrected chi connectivity index (χ4v) is 3.06. The van der Waals surface area contributed by atoms with Crippen LogP contribution < -0.4 is 0 Å². The lowest BCUT2D eigenvalue weighted by molar-refractivity contribution is 0.0923. The van der Waals surface area contributed by atoms with Gasteiger partial charge in [-0.3, -0.25) is 4.98 Å². The summed E-state index contributed by atoms with van der Waals surface area (Å²) in [6.45, 7) is 1.68. The fourth-order valence-electron chi connectivity index (χ4n) is 2.11. The number of nitrogens with zero attached hydrogens (tertiary/aromatic N) is 2. The van der Waals surface area contributed by atoms with E-state index in [0.29, 0.717) is 6.54 Å². The van der Waals surface area contributed by atoms with Crippen LogP contribution in [0, 0.1) is 0 Å². The largest absolute Gasteiger partial charge is 0.444 e. The highest BCUT2D eigenvalue weighted by molar-refractivity contribution is 7.10. The Morgan fingerprint density at radius 2 is 2.42 bits per heavy atom. The van der Waals surface area contributed by atoms with Crippen molar-refractivity contribution in [2.75, 3.05) is 6.54 Å². The zero-order chi connectivity index (χ0) is 13.1. The summed E-state index contributed by atoms with van der Waals surface area (Å²) in [5.74, 6) is 0. The smallest absolute Gasteiger partial charge is 0.410 e. The van der Waals surface area contributed by atoms with Gasteiger partial charge >= 0.3 is 6.09 Å². The number of thiophene rings is 1. The molecule has 2 aromatic rings. The number of hydrogen-bond donors (Lipinski definition) is 0. The molecule has 0 spiro atoms. The number of aromatic nitrogens is 1. The number of amides is 1. The molecular formula is C14H14N2O2S. The molecule has 0 aliphatic carbocycles. The Kier molecular flexibility index (Phi) is 3.46. The molecule has 0 fully saturated rings. The quantitative estimate of drug-likeness (QED) is 0.845. The summed E-state index contributed by atoms with van der Waals surface area (Å²) in [5, 5.41) is 2.08. The van der Waals surface area contributed by atoms with Gasteiger partial charge in [-0.2, -0.15) is 0 Å². The molecule has 19 heavy (non-hydrogen) atoms. The van der Waals surface area contributed by atoms with Crippen molar-refractivity contribution in [3.63, 3.8) is 0 Å². The second kappa shape index (κ2) is 5.40.